The Balaban J connectivity index is 1.91. The lowest BCUT2D eigenvalue weighted by molar-refractivity contribution is -0.140. The fourth-order valence-electron chi connectivity index (χ4n) is 3.74. The molecule has 0 atom stereocenters. The van der Waals surface area contributed by atoms with Gasteiger partial charge in [-0.05, 0) is 69.7 Å². The summed E-state index contributed by atoms with van der Waals surface area (Å²) in [6, 6.07) is 9.49. The molecule has 2 N–H and O–H groups in total. The normalized spacial score (nSPS) is 15.1. The van der Waals surface area contributed by atoms with Crippen LogP contribution in [0.2, 0.25) is 0 Å². The topological polar surface area (TPSA) is 94.9 Å². The molecule has 0 spiro atoms. The van der Waals surface area contributed by atoms with Crippen molar-refractivity contribution in [1.82, 2.24) is 14.8 Å². The van der Waals surface area contributed by atoms with Gasteiger partial charge in [0.25, 0.3) is 5.91 Å². The van der Waals surface area contributed by atoms with Gasteiger partial charge in [-0.25, -0.2) is 9.69 Å². The highest BCUT2D eigenvalue weighted by molar-refractivity contribution is 6.15. The number of carboxylic acid groups (broad SMARTS) is 1. The number of carboxylic acids is 1. The number of anilines is 1. The van der Waals surface area contributed by atoms with E-state index in [4.69, 9.17) is 5.11 Å². The van der Waals surface area contributed by atoms with Gasteiger partial charge in [-0.3, -0.25) is 9.59 Å². The molecule has 8 nitrogen and oxygen atoms in total. The highest BCUT2D eigenvalue weighted by atomic mass is 16.4. The third-order valence-electron chi connectivity index (χ3n) is 5.26. The molecule has 30 heavy (non-hydrogen) atoms. The van der Waals surface area contributed by atoms with Gasteiger partial charge < -0.3 is 19.9 Å². The molecule has 1 aromatic heterocycles. The van der Waals surface area contributed by atoms with Gasteiger partial charge >= 0.3 is 12.0 Å². The Labute approximate surface area is 175 Å². The molecule has 0 saturated carbocycles. The molecular weight excluding hydrogens is 384 g/mol. The fraction of sp³-hybridized carbons (Fsp3) is 0.318. The summed E-state index contributed by atoms with van der Waals surface area (Å²) in [4.78, 5) is 38.1. The van der Waals surface area contributed by atoms with E-state index >= 15 is 0 Å². The third-order valence-corrected chi connectivity index (χ3v) is 5.26. The van der Waals surface area contributed by atoms with E-state index in [2.05, 4.69) is 52.9 Å². The van der Waals surface area contributed by atoms with Crippen molar-refractivity contribution in [1.29, 1.82) is 0 Å². The number of nitrogens with one attached hydrogen (secondary N) is 1. The smallest absolute Gasteiger partial charge is 0.329 e. The minimum Gasteiger partial charge on any atom is -0.480 e. The van der Waals surface area contributed by atoms with Gasteiger partial charge in [0.15, 0.2) is 0 Å². The van der Waals surface area contributed by atoms with Gasteiger partial charge in [0.05, 0.1) is 0 Å². The standard InChI is InChI=1S/C22H26N4O4/c1-5-24(6-2)17-7-9-18(10-8-17)26-14(3)11-16(15(26)4)12-19-21(29)25(13-20(27)28)22(30)23-19/h7-12H,5-6,13H2,1-4H3,(H,23,30)(H,27,28)/b19-12+. The summed E-state index contributed by atoms with van der Waals surface area (Å²) >= 11 is 0. The van der Waals surface area contributed by atoms with Gasteiger partial charge in [-0.15, -0.1) is 0 Å². The number of nitrogens with zero attached hydrogens (tertiary/aromatic N) is 3. The number of aromatic nitrogens is 1. The Morgan fingerprint density at radius 2 is 1.77 bits per heavy atom. The van der Waals surface area contributed by atoms with E-state index in [1.165, 1.54) is 0 Å². The summed E-state index contributed by atoms with van der Waals surface area (Å²) in [7, 11) is 0. The first kappa shape index (κ1) is 21.2. The van der Waals surface area contributed by atoms with Crippen LogP contribution in [-0.2, 0) is 9.59 Å². The molecule has 3 rings (SSSR count). The molecule has 8 heteroatoms. The molecule has 2 aromatic rings. The predicted molar refractivity (Wildman–Crippen MR) is 115 cm³/mol. The quantitative estimate of drug-likeness (QED) is 0.541. The van der Waals surface area contributed by atoms with Crippen molar-refractivity contribution >= 4 is 29.7 Å². The Morgan fingerprint density at radius 1 is 1.13 bits per heavy atom. The van der Waals surface area contributed by atoms with Gasteiger partial charge in [0, 0.05) is 35.9 Å². The molecule has 1 fully saturated rings. The average molecular weight is 410 g/mol. The minimum absolute atomic E-state index is 0.0679. The first-order valence-electron chi connectivity index (χ1n) is 9.87. The summed E-state index contributed by atoms with van der Waals surface area (Å²) in [5.74, 6) is -1.89. The number of carbonyl (C=O) groups is 3. The zero-order valence-corrected chi connectivity index (χ0v) is 17.6. The molecular formula is C22H26N4O4. The molecule has 3 amide bonds. The number of aliphatic carboxylic acids is 1. The number of urea groups is 1. The lowest BCUT2D eigenvalue weighted by atomic mass is 10.2. The lowest BCUT2D eigenvalue weighted by Gasteiger charge is -2.21. The van der Waals surface area contributed by atoms with Crippen LogP contribution in [0.5, 0.6) is 0 Å². The predicted octanol–water partition coefficient (Wildman–Crippen LogP) is 2.92. The second kappa shape index (κ2) is 8.44. The van der Waals surface area contributed by atoms with E-state index in [0.717, 1.165) is 41.4 Å². The maximum absolute atomic E-state index is 12.4. The SMILES string of the molecule is CCN(CC)c1ccc(-n2c(C)cc(/C=C3/NC(=O)N(CC(=O)O)C3=O)c2C)cc1. The summed E-state index contributed by atoms with van der Waals surface area (Å²) < 4.78 is 2.08. The number of benzene rings is 1. The van der Waals surface area contributed by atoms with Crippen molar-refractivity contribution in [3.8, 4) is 5.69 Å². The zero-order valence-electron chi connectivity index (χ0n) is 17.6. The van der Waals surface area contributed by atoms with E-state index in [-0.39, 0.29) is 5.70 Å². The monoisotopic (exact) mass is 410 g/mol. The van der Waals surface area contributed by atoms with E-state index in [1.807, 2.05) is 19.9 Å². The van der Waals surface area contributed by atoms with Crippen molar-refractivity contribution in [2.75, 3.05) is 24.5 Å². The first-order valence-corrected chi connectivity index (χ1v) is 9.87. The number of hydrogen-bond donors (Lipinski definition) is 2. The van der Waals surface area contributed by atoms with Crippen molar-refractivity contribution in [3.63, 3.8) is 0 Å². The van der Waals surface area contributed by atoms with Crippen LogP contribution in [0.15, 0.2) is 36.0 Å². The van der Waals surface area contributed by atoms with Gasteiger partial charge in [-0.2, -0.15) is 0 Å². The van der Waals surface area contributed by atoms with Crippen LogP contribution in [0.1, 0.15) is 30.8 Å². The number of amides is 3. The maximum atomic E-state index is 12.4. The maximum Gasteiger partial charge on any atom is 0.329 e. The zero-order chi connectivity index (χ0) is 22.0. The number of aryl methyl sites for hydroxylation is 1. The van der Waals surface area contributed by atoms with Crippen LogP contribution in [0.4, 0.5) is 10.5 Å². The summed E-state index contributed by atoms with van der Waals surface area (Å²) in [6.07, 6.45) is 1.59. The molecule has 1 aliphatic heterocycles. The summed E-state index contributed by atoms with van der Waals surface area (Å²) in [5.41, 5.74) is 4.90. The summed E-state index contributed by atoms with van der Waals surface area (Å²) in [6.45, 7) is 9.37. The van der Waals surface area contributed by atoms with Crippen LogP contribution < -0.4 is 10.2 Å². The van der Waals surface area contributed by atoms with Crippen LogP contribution in [0.25, 0.3) is 11.8 Å². The number of imide groups is 1. The molecule has 0 bridgehead atoms. The van der Waals surface area contributed by atoms with E-state index < -0.39 is 24.5 Å². The molecule has 1 saturated heterocycles. The Kier molecular flexibility index (Phi) is 5.96. The molecule has 1 aromatic carbocycles. The Morgan fingerprint density at radius 3 is 2.33 bits per heavy atom. The van der Waals surface area contributed by atoms with Crippen LogP contribution >= 0.6 is 0 Å². The van der Waals surface area contributed by atoms with E-state index in [0.29, 0.717) is 4.90 Å². The van der Waals surface area contributed by atoms with Crippen LogP contribution in [0.3, 0.4) is 0 Å². The molecule has 2 heterocycles. The molecule has 0 unspecified atom stereocenters. The Hall–Kier alpha value is -3.55. The van der Waals surface area contributed by atoms with Crippen molar-refractivity contribution in [2.24, 2.45) is 0 Å². The van der Waals surface area contributed by atoms with Crippen molar-refractivity contribution < 1.29 is 19.5 Å². The third kappa shape index (κ3) is 3.94. The molecule has 158 valence electrons. The van der Waals surface area contributed by atoms with Gasteiger partial charge in [0.1, 0.15) is 12.2 Å². The highest BCUT2D eigenvalue weighted by Crippen LogP contribution is 2.25. The van der Waals surface area contributed by atoms with Crippen molar-refractivity contribution in [3.05, 3.63) is 53.0 Å². The van der Waals surface area contributed by atoms with Crippen LogP contribution in [-0.4, -0.2) is 52.1 Å². The number of rotatable bonds is 7. The molecule has 0 aliphatic carbocycles. The van der Waals surface area contributed by atoms with Gasteiger partial charge in [-0.1, -0.05) is 0 Å². The number of hydrogen-bond acceptors (Lipinski definition) is 4. The second-order valence-electron chi connectivity index (χ2n) is 7.12. The lowest BCUT2D eigenvalue weighted by Crippen LogP contribution is -2.35. The summed E-state index contributed by atoms with van der Waals surface area (Å²) in [5, 5.41) is 11.3. The molecule has 0 radical (unpaired) electrons. The molecule has 1 aliphatic rings. The Bertz CT molecular complexity index is 1020. The van der Waals surface area contributed by atoms with Crippen molar-refractivity contribution in [2.45, 2.75) is 27.7 Å². The van der Waals surface area contributed by atoms with E-state index in [9.17, 15) is 14.4 Å². The minimum atomic E-state index is -1.24. The second-order valence-corrected chi connectivity index (χ2v) is 7.12. The number of carbonyl (C=O) groups excluding carboxylic acids is 2. The fourth-order valence-corrected chi connectivity index (χ4v) is 3.74. The van der Waals surface area contributed by atoms with E-state index in [1.54, 1.807) is 6.08 Å². The largest absolute Gasteiger partial charge is 0.480 e. The average Bonchev–Trinajstić information content (AvgIpc) is 3.13. The van der Waals surface area contributed by atoms with Gasteiger partial charge in [0.2, 0.25) is 0 Å². The highest BCUT2D eigenvalue weighted by Gasteiger charge is 2.35. The van der Waals surface area contributed by atoms with Crippen LogP contribution in [0, 0.1) is 13.8 Å². The first-order chi connectivity index (χ1) is 14.3.